The van der Waals surface area contributed by atoms with Crippen LogP contribution in [0.3, 0.4) is 0 Å². The van der Waals surface area contributed by atoms with Crippen LogP contribution in [0, 0.1) is 0 Å². The SMILES string of the molecule is CC/C=C\C/C=C\C/C=C\C/C=C\C/C=C\C/C=C\CCC(=O)OCC(COCCCCCCCCC/C=C\C/C=C\C/C=C\CCCCC)OC(=O)CC/C=C\C/C=C\C/C=C\C/C=C\CC. The second kappa shape index (κ2) is 56.8. The van der Waals surface area contributed by atoms with Gasteiger partial charge in [0.2, 0.25) is 0 Å². The van der Waals surface area contributed by atoms with Crippen molar-refractivity contribution in [3.05, 3.63) is 158 Å². The Morgan fingerprint density at radius 1 is 0.338 bits per heavy atom. The number of rotatable bonds is 47. The first kappa shape index (κ1) is 63.5. The summed E-state index contributed by atoms with van der Waals surface area (Å²) in [6, 6.07) is 0. The van der Waals surface area contributed by atoms with Crippen molar-refractivity contribution in [2.75, 3.05) is 19.8 Å². The molecule has 5 nitrogen and oxygen atoms in total. The molecular weight excluding hydrogens is 837 g/mol. The van der Waals surface area contributed by atoms with Crippen molar-refractivity contribution in [2.24, 2.45) is 0 Å². The Morgan fingerprint density at radius 2 is 0.662 bits per heavy atom. The summed E-state index contributed by atoms with van der Waals surface area (Å²) < 4.78 is 17.3. The van der Waals surface area contributed by atoms with Crippen molar-refractivity contribution < 1.29 is 23.8 Å². The zero-order valence-corrected chi connectivity index (χ0v) is 43.6. The van der Waals surface area contributed by atoms with Gasteiger partial charge in [0.1, 0.15) is 6.61 Å². The molecular formula is C63H98O5. The maximum Gasteiger partial charge on any atom is 0.306 e. The molecule has 1 unspecified atom stereocenters. The standard InChI is InChI=1S/C63H98O5/c1-4-7-10-13-16-19-22-25-27-29-31-33-35-37-40-43-46-49-52-55-58-66-59-61(68-63(65)57-54-51-48-45-42-38-24-21-18-15-12-9-6-3)60-67-62(64)56-53-50-47-44-41-39-36-34-32-30-28-26-23-20-17-14-11-8-5-2/h8-9,11-12,16-21,25-28,31-34,38-39,41-42,47-48,50-51,61H,4-7,10,13-15,22-24,29-30,35-37,40,43-46,49,52-60H2,1-3H3/b11-8-,12-9-,19-16-,20-17-,21-18-,27-25-,28-26-,33-31-,34-32-,41-39-,42-38-,50-47-,51-48-. The lowest BCUT2D eigenvalue weighted by Gasteiger charge is -2.18. The van der Waals surface area contributed by atoms with Gasteiger partial charge in [0.25, 0.3) is 0 Å². The van der Waals surface area contributed by atoms with Crippen LogP contribution >= 0.6 is 0 Å². The molecule has 0 fully saturated rings. The summed E-state index contributed by atoms with van der Waals surface area (Å²) in [6.07, 6.45) is 84.3. The van der Waals surface area contributed by atoms with Crippen LogP contribution in [0.15, 0.2) is 158 Å². The Bertz CT molecular complexity index is 1520. The highest BCUT2D eigenvalue weighted by atomic mass is 16.6. The number of carbonyl (C=O) groups excluding carboxylic acids is 2. The number of esters is 2. The molecule has 0 aliphatic carbocycles. The lowest BCUT2D eigenvalue weighted by molar-refractivity contribution is -0.162. The average molecular weight is 935 g/mol. The normalized spacial score (nSPS) is 13.5. The molecule has 0 aromatic heterocycles. The van der Waals surface area contributed by atoms with Crippen LogP contribution in [0.1, 0.15) is 201 Å². The summed E-state index contributed by atoms with van der Waals surface area (Å²) in [4.78, 5) is 25.4. The van der Waals surface area contributed by atoms with E-state index >= 15 is 0 Å². The van der Waals surface area contributed by atoms with Gasteiger partial charge < -0.3 is 14.2 Å². The Morgan fingerprint density at radius 3 is 1.06 bits per heavy atom. The molecule has 5 heteroatoms. The molecule has 0 heterocycles. The minimum atomic E-state index is -0.623. The Kier molecular flexibility index (Phi) is 53.1. The summed E-state index contributed by atoms with van der Waals surface area (Å²) in [5, 5.41) is 0. The largest absolute Gasteiger partial charge is 0.462 e. The van der Waals surface area contributed by atoms with Gasteiger partial charge in [-0.25, -0.2) is 0 Å². The van der Waals surface area contributed by atoms with E-state index in [-0.39, 0.29) is 38.0 Å². The quantitative estimate of drug-likeness (QED) is 0.0346. The fourth-order valence-corrected chi connectivity index (χ4v) is 6.61. The fraction of sp³-hybridized carbons (Fsp3) is 0.556. The Labute approximate surface area is 418 Å². The smallest absolute Gasteiger partial charge is 0.306 e. The number of hydrogen-bond donors (Lipinski definition) is 0. The number of carbonyl (C=O) groups is 2. The third-order valence-corrected chi connectivity index (χ3v) is 10.6. The third kappa shape index (κ3) is 54.1. The molecule has 0 bridgehead atoms. The minimum Gasteiger partial charge on any atom is -0.462 e. The summed E-state index contributed by atoms with van der Waals surface area (Å²) in [5.41, 5.74) is 0. The molecule has 0 rings (SSSR count). The van der Waals surface area contributed by atoms with Crippen molar-refractivity contribution in [1.29, 1.82) is 0 Å². The average Bonchev–Trinajstić information content (AvgIpc) is 3.34. The zero-order valence-electron chi connectivity index (χ0n) is 43.6. The van der Waals surface area contributed by atoms with E-state index in [0.29, 0.717) is 19.4 Å². The molecule has 0 amide bonds. The van der Waals surface area contributed by atoms with Crippen molar-refractivity contribution in [3.8, 4) is 0 Å². The summed E-state index contributed by atoms with van der Waals surface area (Å²) >= 11 is 0. The van der Waals surface area contributed by atoms with Crippen molar-refractivity contribution in [2.45, 2.75) is 207 Å². The predicted octanol–water partition coefficient (Wildman–Crippen LogP) is 18.7. The van der Waals surface area contributed by atoms with E-state index in [1.165, 1.54) is 57.8 Å². The maximum atomic E-state index is 12.8. The highest BCUT2D eigenvalue weighted by Gasteiger charge is 2.17. The van der Waals surface area contributed by atoms with E-state index in [1.54, 1.807) is 0 Å². The van der Waals surface area contributed by atoms with Gasteiger partial charge in [-0.2, -0.15) is 0 Å². The second-order valence-electron chi connectivity index (χ2n) is 17.0. The van der Waals surface area contributed by atoms with E-state index in [4.69, 9.17) is 14.2 Å². The van der Waals surface area contributed by atoms with Crippen LogP contribution in [-0.4, -0.2) is 37.9 Å². The highest BCUT2D eigenvalue weighted by Crippen LogP contribution is 2.11. The molecule has 380 valence electrons. The predicted molar refractivity (Wildman–Crippen MR) is 297 cm³/mol. The van der Waals surface area contributed by atoms with E-state index in [0.717, 1.165) is 96.3 Å². The van der Waals surface area contributed by atoms with Crippen LogP contribution in [0.4, 0.5) is 0 Å². The van der Waals surface area contributed by atoms with Crippen LogP contribution in [0.5, 0.6) is 0 Å². The number of allylic oxidation sites excluding steroid dienone is 26. The van der Waals surface area contributed by atoms with Crippen LogP contribution in [0.2, 0.25) is 0 Å². The van der Waals surface area contributed by atoms with E-state index < -0.39 is 6.10 Å². The molecule has 0 aliphatic rings. The first-order chi connectivity index (χ1) is 33.6. The number of hydrogen-bond acceptors (Lipinski definition) is 5. The third-order valence-electron chi connectivity index (χ3n) is 10.6. The molecule has 1 atom stereocenters. The lowest BCUT2D eigenvalue weighted by Crippen LogP contribution is -2.30. The van der Waals surface area contributed by atoms with Gasteiger partial charge >= 0.3 is 11.9 Å². The van der Waals surface area contributed by atoms with Crippen molar-refractivity contribution >= 4 is 11.9 Å². The molecule has 0 aromatic carbocycles. The Balaban J connectivity index is 4.49. The summed E-state index contributed by atoms with van der Waals surface area (Å²) in [6.45, 7) is 7.36. The molecule has 0 aromatic rings. The van der Waals surface area contributed by atoms with E-state index in [1.807, 2.05) is 12.2 Å². The second-order valence-corrected chi connectivity index (χ2v) is 17.0. The van der Waals surface area contributed by atoms with Gasteiger partial charge in [0.05, 0.1) is 6.61 Å². The van der Waals surface area contributed by atoms with Crippen molar-refractivity contribution in [1.82, 2.24) is 0 Å². The van der Waals surface area contributed by atoms with Crippen LogP contribution in [-0.2, 0) is 23.8 Å². The zero-order chi connectivity index (χ0) is 49.2. The van der Waals surface area contributed by atoms with Gasteiger partial charge in [-0.3, -0.25) is 9.59 Å². The molecule has 0 saturated heterocycles. The monoisotopic (exact) mass is 935 g/mol. The minimum absolute atomic E-state index is 0.00103. The molecule has 0 saturated carbocycles. The van der Waals surface area contributed by atoms with E-state index in [9.17, 15) is 9.59 Å². The van der Waals surface area contributed by atoms with Crippen molar-refractivity contribution in [3.63, 3.8) is 0 Å². The molecule has 0 aliphatic heterocycles. The first-order valence-electron chi connectivity index (χ1n) is 27.0. The first-order valence-corrected chi connectivity index (χ1v) is 27.0. The van der Waals surface area contributed by atoms with Gasteiger partial charge in [-0.1, -0.05) is 224 Å². The number of unbranched alkanes of at least 4 members (excludes halogenated alkanes) is 10. The molecule has 0 spiro atoms. The van der Waals surface area contributed by atoms with Gasteiger partial charge in [-0.05, 0) is 122 Å². The van der Waals surface area contributed by atoms with Crippen LogP contribution < -0.4 is 0 Å². The van der Waals surface area contributed by atoms with Gasteiger partial charge in [0, 0.05) is 19.4 Å². The van der Waals surface area contributed by atoms with Gasteiger partial charge in [0.15, 0.2) is 6.10 Å². The molecule has 68 heavy (non-hydrogen) atoms. The highest BCUT2D eigenvalue weighted by molar-refractivity contribution is 5.70. The summed E-state index contributed by atoms with van der Waals surface area (Å²) in [5.74, 6) is -0.607. The van der Waals surface area contributed by atoms with E-state index in [2.05, 4.69) is 167 Å². The molecule has 0 radical (unpaired) electrons. The fourth-order valence-electron chi connectivity index (χ4n) is 6.61. The lowest BCUT2D eigenvalue weighted by atomic mass is 10.1. The summed E-state index contributed by atoms with van der Waals surface area (Å²) in [7, 11) is 0. The number of ether oxygens (including phenoxy) is 3. The Hall–Kier alpha value is -4.48. The topological polar surface area (TPSA) is 61.8 Å². The maximum absolute atomic E-state index is 12.8. The van der Waals surface area contributed by atoms with Crippen LogP contribution in [0.25, 0.3) is 0 Å². The van der Waals surface area contributed by atoms with Gasteiger partial charge in [-0.15, -0.1) is 0 Å². The molecule has 0 N–H and O–H groups in total.